The fourth-order valence-corrected chi connectivity index (χ4v) is 4.51. The average molecular weight is 542 g/mol. The molecule has 0 aliphatic heterocycles. The van der Waals surface area contributed by atoms with E-state index in [9.17, 15) is 23.9 Å². The molecular weight excluding hydrogens is 509 g/mol. The Bertz CT molecular complexity index is 1470. The fraction of sp³-hybridized carbons (Fsp3) is 0.500. The second kappa shape index (κ2) is 9.95. The number of nitrogens with one attached hydrogen (secondary N) is 2. The number of pyridine rings is 1. The number of amides is 2. The predicted octanol–water partition coefficient (Wildman–Crippen LogP) is 2.93. The molecule has 2 amide bonds. The molecule has 0 spiro atoms. The van der Waals surface area contributed by atoms with Crippen LogP contribution in [-0.2, 0) is 4.74 Å². The Balaban J connectivity index is 1.53. The number of aromatic nitrogens is 4. The van der Waals surface area contributed by atoms with Crippen LogP contribution < -0.4 is 21.1 Å². The van der Waals surface area contributed by atoms with E-state index >= 15 is 0 Å². The van der Waals surface area contributed by atoms with Crippen molar-refractivity contribution in [3.05, 3.63) is 46.5 Å². The molecule has 0 aromatic carbocycles. The van der Waals surface area contributed by atoms with Crippen molar-refractivity contribution in [3.8, 4) is 0 Å². The number of hydrogen-bond donors (Lipinski definition) is 3. The highest BCUT2D eigenvalue weighted by Crippen LogP contribution is 2.34. The topological polar surface area (TPSA) is 143 Å². The van der Waals surface area contributed by atoms with Gasteiger partial charge >= 0.3 is 6.09 Å². The number of alkyl halides is 1. The molecule has 2 fully saturated rings. The second-order valence-corrected chi connectivity index (χ2v) is 11.0. The highest BCUT2D eigenvalue weighted by Gasteiger charge is 2.33. The number of nitrogens with zero attached hydrogens (tertiary/aromatic N) is 5. The largest absolute Gasteiger partial charge is 0.443 e. The van der Waals surface area contributed by atoms with Crippen LogP contribution in [0.2, 0.25) is 0 Å². The van der Waals surface area contributed by atoms with Crippen LogP contribution in [0.25, 0.3) is 5.65 Å². The van der Waals surface area contributed by atoms with E-state index in [4.69, 9.17) is 4.74 Å². The molecule has 2 atom stereocenters. The summed E-state index contributed by atoms with van der Waals surface area (Å²) in [6.07, 6.45) is 2.59. The number of aliphatic hydroxyl groups is 1. The van der Waals surface area contributed by atoms with Gasteiger partial charge in [-0.3, -0.25) is 14.5 Å². The van der Waals surface area contributed by atoms with Crippen LogP contribution in [0.15, 0.2) is 35.4 Å². The third-order valence-electron chi connectivity index (χ3n) is 6.95. The first kappa shape index (κ1) is 26.6. The van der Waals surface area contributed by atoms with Crippen molar-refractivity contribution in [2.75, 3.05) is 17.3 Å². The van der Waals surface area contributed by atoms with E-state index in [1.165, 1.54) is 33.3 Å². The van der Waals surface area contributed by atoms with Gasteiger partial charge in [-0.2, -0.15) is 9.61 Å². The van der Waals surface area contributed by atoms with E-state index in [2.05, 4.69) is 20.7 Å². The molecule has 2 aliphatic rings. The van der Waals surface area contributed by atoms with Crippen LogP contribution in [0, 0.1) is 0 Å². The lowest BCUT2D eigenvalue weighted by Crippen LogP contribution is -2.50. The quantitative estimate of drug-likeness (QED) is 0.432. The fourth-order valence-electron chi connectivity index (χ4n) is 4.51. The number of anilines is 3. The molecule has 0 radical (unpaired) electrons. The van der Waals surface area contributed by atoms with Gasteiger partial charge in [0.05, 0.1) is 18.3 Å². The van der Waals surface area contributed by atoms with Crippen molar-refractivity contribution in [1.29, 1.82) is 0 Å². The summed E-state index contributed by atoms with van der Waals surface area (Å²) >= 11 is 0. The zero-order chi connectivity index (χ0) is 28.1. The summed E-state index contributed by atoms with van der Waals surface area (Å²) in [6.45, 7) is 5.23. The van der Waals surface area contributed by atoms with Crippen LogP contribution in [0.1, 0.15) is 62.9 Å². The second-order valence-electron chi connectivity index (χ2n) is 11.0. The molecule has 0 saturated heterocycles. The summed E-state index contributed by atoms with van der Waals surface area (Å²) in [5.41, 5.74) is -0.640. The number of fused-ring (bicyclic) bond motifs is 1. The number of carbonyl (C=O) groups excluding carboxylic acids is 2. The molecule has 0 bridgehead atoms. The summed E-state index contributed by atoms with van der Waals surface area (Å²) in [6, 6.07) is 4.19. The van der Waals surface area contributed by atoms with Gasteiger partial charge in [-0.1, -0.05) is 0 Å². The Morgan fingerprint density at radius 1 is 1.26 bits per heavy atom. The van der Waals surface area contributed by atoms with Crippen molar-refractivity contribution in [2.45, 2.75) is 76.4 Å². The summed E-state index contributed by atoms with van der Waals surface area (Å²) < 4.78 is 21.8. The Labute approximate surface area is 223 Å². The van der Waals surface area contributed by atoms with E-state index < -0.39 is 29.9 Å². The van der Waals surface area contributed by atoms with Crippen LogP contribution in [-0.4, -0.2) is 67.2 Å². The zero-order valence-electron chi connectivity index (χ0n) is 22.2. The minimum atomic E-state index is -0.916. The summed E-state index contributed by atoms with van der Waals surface area (Å²) in [5.74, 6) is -0.0648. The molecule has 0 unspecified atom stereocenters. The van der Waals surface area contributed by atoms with E-state index in [0.29, 0.717) is 12.8 Å². The van der Waals surface area contributed by atoms with Gasteiger partial charge in [0.2, 0.25) is 0 Å². The summed E-state index contributed by atoms with van der Waals surface area (Å²) in [4.78, 5) is 44.9. The van der Waals surface area contributed by atoms with Crippen LogP contribution in [0.5, 0.6) is 0 Å². The number of hydrogen-bond acceptors (Lipinski definition) is 8. The van der Waals surface area contributed by atoms with Gasteiger partial charge in [0.1, 0.15) is 34.7 Å². The number of rotatable bonds is 6. The minimum absolute atomic E-state index is 0.130. The van der Waals surface area contributed by atoms with Crippen molar-refractivity contribution >= 4 is 35.0 Å². The van der Waals surface area contributed by atoms with E-state index in [1.54, 1.807) is 39.1 Å². The minimum Gasteiger partial charge on any atom is -0.443 e. The van der Waals surface area contributed by atoms with E-state index in [1.807, 2.05) is 0 Å². The molecule has 39 heavy (non-hydrogen) atoms. The molecule has 2 saturated carbocycles. The Morgan fingerprint density at radius 2 is 2.00 bits per heavy atom. The molecule has 3 aromatic heterocycles. The highest BCUT2D eigenvalue weighted by atomic mass is 19.1. The van der Waals surface area contributed by atoms with Gasteiger partial charge in [0, 0.05) is 25.4 Å². The normalized spacial score (nSPS) is 22.5. The first-order chi connectivity index (χ1) is 18.4. The average Bonchev–Trinajstić information content (AvgIpc) is 3.28. The third kappa shape index (κ3) is 5.31. The maximum Gasteiger partial charge on any atom is 0.415 e. The summed E-state index contributed by atoms with van der Waals surface area (Å²) in [7, 11) is 1.50. The van der Waals surface area contributed by atoms with Gasteiger partial charge in [0.25, 0.3) is 11.5 Å². The number of ether oxygens (including phenoxy) is 1. The lowest BCUT2D eigenvalue weighted by Gasteiger charge is -2.32. The third-order valence-corrected chi connectivity index (χ3v) is 6.95. The number of aliphatic hydroxyl groups excluding tert-OH is 1. The highest BCUT2D eigenvalue weighted by molar-refractivity contribution is 6.00. The van der Waals surface area contributed by atoms with Gasteiger partial charge in [-0.05, 0) is 58.6 Å². The molecule has 3 aromatic rings. The van der Waals surface area contributed by atoms with Crippen molar-refractivity contribution < 1.29 is 23.8 Å². The van der Waals surface area contributed by atoms with Gasteiger partial charge in [-0.25, -0.2) is 14.2 Å². The Kier molecular flexibility index (Phi) is 6.79. The van der Waals surface area contributed by atoms with E-state index in [0.717, 1.165) is 0 Å². The molecule has 13 heteroatoms. The van der Waals surface area contributed by atoms with Crippen LogP contribution >= 0.6 is 0 Å². The molecule has 3 N–H and O–H groups in total. The maximum absolute atomic E-state index is 13.4. The molecular formula is C26H32FN7O5. The summed E-state index contributed by atoms with van der Waals surface area (Å²) in [5, 5.41) is 20.0. The molecule has 208 valence electrons. The predicted molar refractivity (Wildman–Crippen MR) is 141 cm³/mol. The Morgan fingerprint density at radius 3 is 2.62 bits per heavy atom. The molecule has 12 nitrogen and oxygen atoms in total. The molecule has 5 rings (SSSR count). The van der Waals surface area contributed by atoms with Crippen LogP contribution in [0.3, 0.4) is 0 Å². The van der Waals surface area contributed by atoms with Crippen LogP contribution in [0.4, 0.5) is 26.5 Å². The lowest BCUT2D eigenvalue weighted by molar-refractivity contribution is 0.0448. The van der Waals surface area contributed by atoms with Gasteiger partial charge < -0.3 is 25.0 Å². The van der Waals surface area contributed by atoms with Crippen molar-refractivity contribution in [2.24, 2.45) is 0 Å². The standard InChI is InChI=1S/C26H32FN7O5/c1-26(2,3)39-25(38)32(4)21-12-20(29-18-6-5-9-33(24(18)37)15-10-14(27)11-15)31-22-16(13-28-34(21)22)23(36)30-17-7-8-19(17)35/h5-6,9,12-15,17,19,35H,7-8,10-11H2,1-4H3,(H,29,31)(H,30,36)/t14?,15?,17-,19-/m0/s1. The van der Waals surface area contributed by atoms with Gasteiger partial charge in [-0.15, -0.1) is 0 Å². The van der Waals surface area contributed by atoms with Crippen molar-refractivity contribution in [1.82, 2.24) is 24.5 Å². The number of halogens is 1. The van der Waals surface area contributed by atoms with E-state index in [-0.39, 0.29) is 59.0 Å². The number of carbonyl (C=O) groups is 2. The SMILES string of the molecule is CN(C(=O)OC(C)(C)C)c1cc(Nc2cccn(C3CC(F)C3)c2=O)nc2c(C(=O)N[C@H]3CC[C@@H]3O)cnn12. The smallest absolute Gasteiger partial charge is 0.415 e. The monoisotopic (exact) mass is 541 g/mol. The Hall–Kier alpha value is -4.00. The van der Waals surface area contributed by atoms with Crippen molar-refractivity contribution in [3.63, 3.8) is 0 Å². The lowest BCUT2D eigenvalue weighted by atomic mass is 9.89. The zero-order valence-corrected chi connectivity index (χ0v) is 22.2. The van der Waals surface area contributed by atoms with Gasteiger partial charge in [0.15, 0.2) is 5.65 Å². The molecule has 2 aliphatic carbocycles. The molecule has 3 heterocycles. The first-order valence-electron chi connectivity index (χ1n) is 12.9. The first-order valence-corrected chi connectivity index (χ1v) is 12.9. The maximum atomic E-state index is 13.4.